The summed E-state index contributed by atoms with van der Waals surface area (Å²) in [6.45, 7) is 0. The molecule has 1 heteroatoms. The minimum Gasteiger partial charge on any atom is -0.310 e. The van der Waals surface area contributed by atoms with Crippen molar-refractivity contribution in [3.8, 4) is 44.5 Å². The highest BCUT2D eigenvalue weighted by molar-refractivity contribution is 5.92. The summed E-state index contributed by atoms with van der Waals surface area (Å²) in [4.78, 5) is 2.50. The molecular formula is C62H55N. The summed E-state index contributed by atoms with van der Waals surface area (Å²) in [5, 5.41) is 0. The maximum atomic E-state index is 2.66. The predicted molar refractivity (Wildman–Crippen MR) is 259 cm³/mol. The fourth-order valence-corrected chi connectivity index (χ4v) is 17.4. The Labute approximate surface area is 373 Å². The van der Waals surface area contributed by atoms with Gasteiger partial charge in [-0.3, -0.25) is 0 Å². The fraction of sp³-hybridized carbons (Fsp3) is 0.323. The molecule has 0 saturated heterocycles. The molecule has 0 amide bonds. The van der Waals surface area contributed by atoms with Gasteiger partial charge in [0, 0.05) is 27.8 Å². The molecule has 0 N–H and O–H groups in total. The zero-order chi connectivity index (χ0) is 41.0. The van der Waals surface area contributed by atoms with Crippen molar-refractivity contribution in [2.24, 2.45) is 47.3 Å². The van der Waals surface area contributed by atoms with E-state index >= 15 is 0 Å². The highest BCUT2D eigenvalue weighted by Crippen LogP contribution is 2.71. The highest BCUT2D eigenvalue weighted by Gasteiger charge is 2.63. The molecule has 0 aliphatic heterocycles. The second-order valence-corrected chi connectivity index (χ2v) is 21.7. The zero-order valence-electron chi connectivity index (χ0n) is 36.2. The van der Waals surface area contributed by atoms with Crippen LogP contribution in [0.5, 0.6) is 0 Å². The van der Waals surface area contributed by atoms with E-state index in [4.69, 9.17) is 0 Å². The van der Waals surface area contributed by atoms with Gasteiger partial charge in [0.1, 0.15) is 0 Å². The molecular weight excluding hydrogens is 759 g/mol. The van der Waals surface area contributed by atoms with Crippen molar-refractivity contribution in [2.75, 3.05) is 4.90 Å². The van der Waals surface area contributed by atoms with E-state index in [0.29, 0.717) is 0 Å². The van der Waals surface area contributed by atoms with Crippen LogP contribution in [0, 0.1) is 47.3 Å². The van der Waals surface area contributed by atoms with Crippen LogP contribution in [0.15, 0.2) is 164 Å². The Kier molecular flexibility index (Phi) is 7.36. The molecule has 8 fully saturated rings. The van der Waals surface area contributed by atoms with Crippen LogP contribution in [-0.4, -0.2) is 0 Å². The quantitative estimate of drug-likeness (QED) is 0.167. The second-order valence-electron chi connectivity index (χ2n) is 21.7. The maximum Gasteiger partial charge on any atom is 0.0540 e. The fourth-order valence-electron chi connectivity index (χ4n) is 17.4. The van der Waals surface area contributed by atoms with Gasteiger partial charge in [0.15, 0.2) is 0 Å². The van der Waals surface area contributed by atoms with Crippen LogP contribution in [0.2, 0.25) is 0 Å². The Hall–Kier alpha value is -5.66. The number of nitrogens with zero attached hydrogens (tertiary/aromatic N) is 1. The molecule has 8 saturated carbocycles. The molecule has 0 atom stereocenters. The molecule has 0 radical (unpaired) electrons. The summed E-state index contributed by atoms with van der Waals surface area (Å²) < 4.78 is 0. The number of rotatable bonds is 5. The van der Waals surface area contributed by atoms with Gasteiger partial charge in [-0.25, -0.2) is 0 Å². The lowest BCUT2D eigenvalue weighted by molar-refractivity contribution is -0.0399. The average Bonchev–Trinajstić information content (AvgIpc) is 3.78. The molecule has 7 aromatic rings. The van der Waals surface area contributed by atoms with E-state index in [1.165, 1.54) is 126 Å². The summed E-state index contributed by atoms with van der Waals surface area (Å²) in [5.41, 5.74) is 21.7. The lowest BCUT2D eigenvalue weighted by Gasteiger charge is -2.61. The minimum absolute atomic E-state index is 0.148. The first kappa shape index (κ1) is 35.8. The third-order valence-corrected chi connectivity index (χ3v) is 19.0. The molecule has 308 valence electrons. The van der Waals surface area contributed by atoms with Crippen molar-refractivity contribution >= 4 is 17.1 Å². The Morgan fingerprint density at radius 1 is 0.302 bits per heavy atom. The van der Waals surface area contributed by atoms with Crippen LogP contribution in [-0.2, 0) is 10.8 Å². The van der Waals surface area contributed by atoms with Crippen molar-refractivity contribution in [1.82, 2.24) is 0 Å². The van der Waals surface area contributed by atoms with E-state index in [1.54, 1.807) is 22.3 Å². The van der Waals surface area contributed by atoms with Gasteiger partial charge < -0.3 is 4.90 Å². The lowest BCUT2D eigenvalue weighted by atomic mass is 9.43. The largest absolute Gasteiger partial charge is 0.310 e. The second kappa shape index (κ2) is 13.0. The van der Waals surface area contributed by atoms with Gasteiger partial charge in [-0.2, -0.15) is 0 Å². The zero-order valence-corrected chi connectivity index (χ0v) is 36.2. The average molecular weight is 814 g/mol. The molecule has 63 heavy (non-hydrogen) atoms. The SMILES string of the molecule is c1ccc(N(c2ccc(-c3ccc4c(c3)C3(c5ccccc5-4)C4CC5CC(C4)CC3C5)cc2)c2ccccc2-c2ccc3c(c2)C2(c4ccccc4-3)C3CC4CC(C3)CC2C4)cc1. The van der Waals surface area contributed by atoms with E-state index in [0.717, 1.165) is 47.3 Å². The van der Waals surface area contributed by atoms with Crippen LogP contribution in [0.25, 0.3) is 44.5 Å². The summed E-state index contributed by atoms with van der Waals surface area (Å²) in [5.74, 6) is 6.80. The van der Waals surface area contributed by atoms with Crippen LogP contribution in [0.4, 0.5) is 17.1 Å². The number of para-hydroxylation sites is 2. The van der Waals surface area contributed by atoms with Crippen LogP contribution in [0.1, 0.15) is 86.5 Å². The molecule has 1 nitrogen and oxygen atoms in total. The van der Waals surface area contributed by atoms with Gasteiger partial charge in [0.2, 0.25) is 0 Å². The Morgan fingerprint density at radius 2 is 0.698 bits per heavy atom. The van der Waals surface area contributed by atoms with Crippen LogP contribution < -0.4 is 4.90 Å². The van der Waals surface area contributed by atoms with E-state index in [1.807, 2.05) is 0 Å². The van der Waals surface area contributed by atoms with E-state index in [9.17, 15) is 0 Å². The summed E-state index contributed by atoms with van der Waals surface area (Å²) in [6.07, 6.45) is 14.2. The van der Waals surface area contributed by atoms with Crippen molar-refractivity contribution in [2.45, 2.75) is 75.0 Å². The van der Waals surface area contributed by atoms with Crippen molar-refractivity contribution in [3.05, 3.63) is 186 Å². The molecule has 0 unspecified atom stereocenters. The van der Waals surface area contributed by atoms with Gasteiger partial charge in [-0.15, -0.1) is 0 Å². The Balaban J connectivity index is 0.832. The van der Waals surface area contributed by atoms with Gasteiger partial charge in [0.05, 0.1) is 5.69 Å². The molecule has 2 spiro atoms. The predicted octanol–water partition coefficient (Wildman–Crippen LogP) is 15.9. The third kappa shape index (κ3) is 4.74. The summed E-state index contributed by atoms with van der Waals surface area (Å²) in [7, 11) is 0. The molecule has 7 aromatic carbocycles. The standard InChI is InChI=1S/C62H55N/c1-2-10-49(11-3-1)63(50-22-18-42(19-23-50)43-20-24-54-52-13-4-7-15-56(52)61(58(54)36-43)45-28-38-26-39(30-45)31-46(61)29-38)60-17-9-6-12-51(60)44-21-25-55-53-14-5-8-16-57(53)62(59(55)37-44)47-32-40-27-41(34-47)35-48(62)33-40/h1-25,36-41,45-48H,26-35H2. The van der Waals surface area contributed by atoms with Crippen LogP contribution in [0.3, 0.4) is 0 Å². The van der Waals surface area contributed by atoms with Crippen LogP contribution >= 0.6 is 0 Å². The maximum absolute atomic E-state index is 2.66. The first-order valence-electron chi connectivity index (χ1n) is 24.7. The lowest BCUT2D eigenvalue weighted by Crippen LogP contribution is -2.55. The van der Waals surface area contributed by atoms with E-state index < -0.39 is 0 Å². The number of hydrogen-bond acceptors (Lipinski definition) is 1. The molecule has 10 aliphatic rings. The Morgan fingerprint density at radius 3 is 1.24 bits per heavy atom. The molecule has 0 heterocycles. The number of anilines is 3. The van der Waals surface area contributed by atoms with Gasteiger partial charge in [-0.1, -0.05) is 121 Å². The molecule has 10 aliphatic carbocycles. The normalized spacial score (nSPS) is 31.6. The van der Waals surface area contributed by atoms with Gasteiger partial charge in [0.25, 0.3) is 0 Å². The van der Waals surface area contributed by atoms with Crippen molar-refractivity contribution < 1.29 is 0 Å². The minimum atomic E-state index is 0.148. The smallest absolute Gasteiger partial charge is 0.0540 e. The number of benzene rings is 7. The number of fused-ring (bicyclic) bond motifs is 6. The van der Waals surface area contributed by atoms with E-state index in [2.05, 4.69) is 169 Å². The van der Waals surface area contributed by atoms with Crippen molar-refractivity contribution in [3.63, 3.8) is 0 Å². The van der Waals surface area contributed by atoms with Gasteiger partial charge in [-0.05, 0) is 215 Å². The van der Waals surface area contributed by atoms with Crippen molar-refractivity contribution in [1.29, 1.82) is 0 Å². The monoisotopic (exact) mass is 813 g/mol. The molecule has 0 aromatic heterocycles. The first-order chi connectivity index (χ1) is 31.1. The molecule has 17 rings (SSSR count). The van der Waals surface area contributed by atoms with E-state index in [-0.39, 0.29) is 10.8 Å². The van der Waals surface area contributed by atoms with Gasteiger partial charge >= 0.3 is 0 Å². The summed E-state index contributed by atoms with van der Waals surface area (Å²) in [6, 6.07) is 63.9. The topological polar surface area (TPSA) is 3.24 Å². The third-order valence-electron chi connectivity index (χ3n) is 19.0. The molecule has 8 bridgehead atoms. The highest BCUT2D eigenvalue weighted by atomic mass is 15.1. The summed E-state index contributed by atoms with van der Waals surface area (Å²) >= 11 is 0. The number of hydrogen-bond donors (Lipinski definition) is 0. The first-order valence-corrected chi connectivity index (χ1v) is 24.7. The Bertz CT molecular complexity index is 2930.